The molecule has 3 rings (SSSR count). The molecule has 2 fully saturated rings. The predicted octanol–water partition coefficient (Wildman–Crippen LogP) is 2.76. The van der Waals surface area contributed by atoms with E-state index in [1.165, 1.54) is 4.88 Å². The highest BCUT2D eigenvalue weighted by atomic mass is 35.5. The molecule has 1 aliphatic carbocycles. The topological polar surface area (TPSA) is 54.0 Å². The van der Waals surface area contributed by atoms with Crippen molar-refractivity contribution in [3.63, 3.8) is 0 Å². The van der Waals surface area contributed by atoms with Gasteiger partial charge in [0.05, 0.1) is 5.69 Å². The molecule has 2 N–H and O–H groups in total. The van der Waals surface area contributed by atoms with Gasteiger partial charge in [0.1, 0.15) is 0 Å². The van der Waals surface area contributed by atoms with E-state index in [9.17, 15) is 4.79 Å². The van der Waals surface area contributed by atoms with Gasteiger partial charge in [-0.25, -0.2) is 4.98 Å². The highest BCUT2D eigenvalue weighted by molar-refractivity contribution is 7.15. The molecule has 1 aliphatic heterocycles. The minimum atomic E-state index is 0. The normalized spacial score (nSPS) is 23.2. The van der Waals surface area contributed by atoms with E-state index in [0.29, 0.717) is 5.41 Å². The van der Waals surface area contributed by atoms with Crippen LogP contribution in [0.1, 0.15) is 36.8 Å². The third-order valence-electron chi connectivity index (χ3n) is 4.56. The summed E-state index contributed by atoms with van der Waals surface area (Å²) < 4.78 is 0. The van der Waals surface area contributed by atoms with Crippen LogP contribution in [0, 0.1) is 18.3 Å². The highest BCUT2D eigenvalue weighted by Crippen LogP contribution is 2.58. The first-order chi connectivity index (χ1) is 9.14. The van der Waals surface area contributed by atoms with Crippen LogP contribution in [-0.2, 0) is 11.2 Å². The Labute approximate surface area is 130 Å². The standard InChI is InChI=1S/C14H21N3OS.ClH/c1-3-11-9(2)19-13(16-11)17-12(18)10-8-14(10)4-6-15-7-5-14;/h10,15H,3-8H2,1-2H3,(H,16,17,18);1H. The smallest absolute Gasteiger partial charge is 0.229 e. The van der Waals surface area contributed by atoms with Crippen molar-refractivity contribution in [2.45, 2.75) is 39.5 Å². The molecular weight excluding hydrogens is 294 g/mol. The number of amides is 1. The predicted molar refractivity (Wildman–Crippen MR) is 84.8 cm³/mol. The molecule has 1 unspecified atom stereocenters. The van der Waals surface area contributed by atoms with Crippen molar-refractivity contribution >= 4 is 34.8 Å². The maximum Gasteiger partial charge on any atom is 0.229 e. The molecule has 6 heteroatoms. The van der Waals surface area contributed by atoms with Gasteiger partial charge in [-0.2, -0.15) is 0 Å². The Morgan fingerprint density at radius 2 is 2.20 bits per heavy atom. The van der Waals surface area contributed by atoms with E-state index in [1.807, 2.05) is 0 Å². The Bertz CT molecular complexity index is 497. The molecule has 20 heavy (non-hydrogen) atoms. The van der Waals surface area contributed by atoms with E-state index in [2.05, 4.69) is 29.5 Å². The fourth-order valence-electron chi connectivity index (χ4n) is 3.20. The second-order valence-electron chi connectivity index (χ2n) is 5.73. The van der Waals surface area contributed by atoms with E-state index in [0.717, 1.165) is 49.6 Å². The van der Waals surface area contributed by atoms with Gasteiger partial charge in [0.2, 0.25) is 5.91 Å². The zero-order chi connectivity index (χ0) is 13.5. The second kappa shape index (κ2) is 6.00. The number of carbonyl (C=O) groups excluding carboxylic acids is 1. The molecule has 1 aromatic heterocycles. The number of aromatic nitrogens is 1. The number of halogens is 1. The van der Waals surface area contributed by atoms with E-state index in [-0.39, 0.29) is 24.2 Å². The maximum absolute atomic E-state index is 12.3. The summed E-state index contributed by atoms with van der Waals surface area (Å²) in [6, 6.07) is 0. The first-order valence-electron chi connectivity index (χ1n) is 7.12. The van der Waals surface area contributed by atoms with Crippen LogP contribution in [0.5, 0.6) is 0 Å². The molecule has 112 valence electrons. The zero-order valence-electron chi connectivity index (χ0n) is 12.0. The van der Waals surface area contributed by atoms with Gasteiger partial charge >= 0.3 is 0 Å². The van der Waals surface area contributed by atoms with Crippen LogP contribution in [0.4, 0.5) is 5.13 Å². The number of thiazole rings is 1. The van der Waals surface area contributed by atoms with Crippen molar-refractivity contribution in [1.29, 1.82) is 0 Å². The average molecular weight is 316 g/mol. The fourth-order valence-corrected chi connectivity index (χ4v) is 4.10. The minimum Gasteiger partial charge on any atom is -0.317 e. The summed E-state index contributed by atoms with van der Waals surface area (Å²) in [7, 11) is 0. The first kappa shape index (κ1) is 15.7. The lowest BCUT2D eigenvalue weighted by atomic mass is 9.92. The molecule has 0 bridgehead atoms. The Morgan fingerprint density at radius 1 is 1.50 bits per heavy atom. The monoisotopic (exact) mass is 315 g/mol. The summed E-state index contributed by atoms with van der Waals surface area (Å²) in [5.41, 5.74) is 1.41. The lowest BCUT2D eigenvalue weighted by Crippen LogP contribution is -2.31. The van der Waals surface area contributed by atoms with Gasteiger partial charge in [-0.1, -0.05) is 6.92 Å². The highest BCUT2D eigenvalue weighted by Gasteiger charge is 2.57. The molecule has 1 spiro atoms. The summed E-state index contributed by atoms with van der Waals surface area (Å²) >= 11 is 1.59. The van der Waals surface area contributed by atoms with Crippen molar-refractivity contribution in [2.75, 3.05) is 18.4 Å². The van der Waals surface area contributed by atoms with Gasteiger partial charge in [-0.3, -0.25) is 4.79 Å². The van der Waals surface area contributed by atoms with E-state index < -0.39 is 0 Å². The summed E-state index contributed by atoms with van der Waals surface area (Å²) in [6.45, 7) is 6.27. The largest absolute Gasteiger partial charge is 0.317 e. The summed E-state index contributed by atoms with van der Waals surface area (Å²) in [4.78, 5) is 18.0. The van der Waals surface area contributed by atoms with Gasteiger partial charge < -0.3 is 10.6 Å². The van der Waals surface area contributed by atoms with Crippen molar-refractivity contribution in [3.05, 3.63) is 10.6 Å². The minimum absolute atomic E-state index is 0. The molecule has 1 atom stereocenters. The zero-order valence-corrected chi connectivity index (χ0v) is 13.6. The third kappa shape index (κ3) is 2.85. The average Bonchev–Trinajstić information content (AvgIpc) is 2.97. The van der Waals surface area contributed by atoms with E-state index in [4.69, 9.17) is 0 Å². The summed E-state index contributed by atoms with van der Waals surface area (Å²) in [6.07, 6.45) is 4.27. The Hall–Kier alpha value is -0.650. The molecule has 1 saturated carbocycles. The maximum atomic E-state index is 12.3. The van der Waals surface area contributed by atoms with Crippen molar-refractivity contribution in [2.24, 2.45) is 11.3 Å². The van der Waals surface area contributed by atoms with Gasteiger partial charge in [0, 0.05) is 10.8 Å². The Balaban J connectivity index is 0.00000147. The number of aryl methyl sites for hydroxylation is 2. The number of rotatable bonds is 3. The van der Waals surface area contributed by atoms with Crippen LogP contribution in [0.15, 0.2) is 0 Å². The lowest BCUT2D eigenvalue weighted by molar-refractivity contribution is -0.118. The number of carbonyl (C=O) groups is 1. The number of hydrogen-bond donors (Lipinski definition) is 2. The number of anilines is 1. The molecule has 1 saturated heterocycles. The third-order valence-corrected chi connectivity index (χ3v) is 5.49. The fraction of sp³-hybridized carbons (Fsp3) is 0.714. The SMILES string of the molecule is CCc1nc(NC(=O)C2CC23CCNCC3)sc1C.Cl. The molecule has 2 heterocycles. The molecule has 0 radical (unpaired) electrons. The van der Waals surface area contributed by atoms with Gasteiger partial charge in [0.15, 0.2) is 5.13 Å². The molecule has 1 amide bonds. The van der Waals surface area contributed by atoms with Crippen LogP contribution in [0.2, 0.25) is 0 Å². The number of nitrogens with one attached hydrogen (secondary N) is 2. The van der Waals surface area contributed by atoms with Crippen molar-refractivity contribution in [1.82, 2.24) is 10.3 Å². The molecule has 2 aliphatic rings. The van der Waals surface area contributed by atoms with Crippen LogP contribution in [0.3, 0.4) is 0 Å². The molecule has 4 nitrogen and oxygen atoms in total. The Morgan fingerprint density at radius 3 is 2.80 bits per heavy atom. The second-order valence-corrected chi connectivity index (χ2v) is 6.94. The number of piperidine rings is 1. The van der Waals surface area contributed by atoms with E-state index >= 15 is 0 Å². The number of nitrogens with zero attached hydrogens (tertiary/aromatic N) is 1. The summed E-state index contributed by atoms with van der Waals surface area (Å²) in [5, 5.41) is 7.16. The molecule has 0 aromatic carbocycles. The number of hydrogen-bond acceptors (Lipinski definition) is 4. The van der Waals surface area contributed by atoms with Crippen LogP contribution >= 0.6 is 23.7 Å². The molecule has 1 aromatic rings. The molecular formula is C14H22ClN3OS. The van der Waals surface area contributed by atoms with Gasteiger partial charge in [0.25, 0.3) is 0 Å². The van der Waals surface area contributed by atoms with Gasteiger partial charge in [-0.05, 0) is 51.1 Å². The van der Waals surface area contributed by atoms with Gasteiger partial charge in [-0.15, -0.1) is 23.7 Å². The van der Waals surface area contributed by atoms with E-state index in [1.54, 1.807) is 11.3 Å². The van der Waals surface area contributed by atoms with Crippen molar-refractivity contribution < 1.29 is 4.79 Å². The van der Waals surface area contributed by atoms with Crippen LogP contribution in [0.25, 0.3) is 0 Å². The quantitative estimate of drug-likeness (QED) is 0.902. The van der Waals surface area contributed by atoms with Crippen LogP contribution < -0.4 is 10.6 Å². The summed E-state index contributed by atoms with van der Waals surface area (Å²) in [5.74, 6) is 0.391. The lowest BCUT2D eigenvalue weighted by Gasteiger charge is -2.22. The van der Waals surface area contributed by atoms with Crippen LogP contribution in [-0.4, -0.2) is 24.0 Å². The Kier molecular flexibility index (Phi) is 4.72. The first-order valence-corrected chi connectivity index (χ1v) is 7.94. The van der Waals surface area contributed by atoms with Crippen molar-refractivity contribution in [3.8, 4) is 0 Å².